The van der Waals surface area contributed by atoms with Gasteiger partial charge in [0.05, 0.1) is 17.4 Å². The topological polar surface area (TPSA) is 138 Å². The number of hydrogen-bond donors (Lipinski definition) is 4. The van der Waals surface area contributed by atoms with Crippen molar-refractivity contribution in [3.63, 3.8) is 0 Å². The number of likely N-dealkylation sites (N-methyl/N-ethyl adjacent to an activating group) is 1. The second kappa shape index (κ2) is 10.7. The summed E-state index contributed by atoms with van der Waals surface area (Å²) in [6.07, 6.45) is 1.25. The van der Waals surface area contributed by atoms with Crippen LogP contribution in [0.5, 0.6) is 5.75 Å². The molecule has 4 rings (SSSR count). The fourth-order valence-electron chi connectivity index (χ4n) is 4.24. The lowest BCUT2D eigenvalue weighted by Gasteiger charge is -2.32. The van der Waals surface area contributed by atoms with Gasteiger partial charge >= 0.3 is 0 Å². The number of amides is 2. The van der Waals surface area contributed by atoms with Gasteiger partial charge in [-0.1, -0.05) is 43.1 Å². The second-order valence-corrected chi connectivity index (χ2v) is 9.04. The maximum atomic E-state index is 13.3. The third-order valence-electron chi connectivity index (χ3n) is 6.19. The zero-order chi connectivity index (χ0) is 25.9. The molecule has 10 nitrogen and oxygen atoms in total. The van der Waals surface area contributed by atoms with E-state index in [4.69, 9.17) is 33.7 Å². The van der Waals surface area contributed by atoms with Crippen molar-refractivity contribution in [1.82, 2.24) is 20.2 Å². The SMILES string of the molecule is CCN(CC)CCOc1ccc2nc(NC(=O)C3N=CNC3(C(N)=O)c3c(Cl)cccc3Cl)[nH]c2c1. The molecule has 2 amide bonds. The van der Waals surface area contributed by atoms with Gasteiger partial charge in [-0.3, -0.25) is 19.9 Å². The van der Waals surface area contributed by atoms with Crippen molar-refractivity contribution in [3.05, 3.63) is 52.0 Å². The standard InChI is InChI=1S/C24H27Cl2N7O3/c1-3-33(4-2)10-11-36-14-8-9-17-18(12-14)31-23(30-17)32-21(34)20-24(22(27)35,29-13-28-20)19-15(25)6-5-7-16(19)26/h5-9,12-13,20H,3-4,10-11H2,1-2H3,(H2,27,35)(H,28,29)(H2,30,31,32,34). The summed E-state index contributed by atoms with van der Waals surface area (Å²) in [6, 6.07) is 8.89. The van der Waals surface area contributed by atoms with Gasteiger partial charge in [-0.05, 0) is 37.4 Å². The maximum Gasteiger partial charge on any atom is 0.254 e. The highest BCUT2D eigenvalue weighted by atomic mass is 35.5. The van der Waals surface area contributed by atoms with Gasteiger partial charge in [0.25, 0.3) is 11.8 Å². The fraction of sp³-hybridized carbons (Fsp3) is 0.333. The molecule has 2 heterocycles. The van der Waals surface area contributed by atoms with Crippen LogP contribution in [0.3, 0.4) is 0 Å². The fourth-order valence-corrected chi connectivity index (χ4v) is 4.93. The minimum atomic E-state index is -1.77. The van der Waals surface area contributed by atoms with Crippen molar-refractivity contribution in [2.45, 2.75) is 25.4 Å². The Morgan fingerprint density at radius 1 is 1.19 bits per heavy atom. The molecule has 0 fully saturated rings. The predicted molar refractivity (Wildman–Crippen MR) is 141 cm³/mol. The molecule has 3 aromatic rings. The number of aromatic nitrogens is 2. The molecule has 2 atom stereocenters. The molecule has 12 heteroatoms. The summed E-state index contributed by atoms with van der Waals surface area (Å²) < 4.78 is 5.86. The summed E-state index contributed by atoms with van der Waals surface area (Å²) in [5, 5.41) is 5.84. The Balaban J connectivity index is 1.54. The van der Waals surface area contributed by atoms with E-state index in [1.54, 1.807) is 24.3 Å². The third-order valence-corrected chi connectivity index (χ3v) is 6.82. The largest absolute Gasteiger partial charge is 0.492 e. The number of primary amides is 1. The number of anilines is 1. The number of aromatic amines is 1. The first-order chi connectivity index (χ1) is 17.3. The van der Waals surface area contributed by atoms with Crippen LogP contribution in [-0.4, -0.2) is 65.3 Å². The van der Waals surface area contributed by atoms with Crippen LogP contribution in [-0.2, 0) is 15.1 Å². The van der Waals surface area contributed by atoms with Gasteiger partial charge in [-0.15, -0.1) is 0 Å². The number of aliphatic imine (C=N–C) groups is 1. The number of H-pyrrole nitrogens is 1. The van der Waals surface area contributed by atoms with Gasteiger partial charge in [0.2, 0.25) is 5.95 Å². The summed E-state index contributed by atoms with van der Waals surface area (Å²) in [4.78, 5) is 39.9. The molecular formula is C24H27Cl2N7O3. The van der Waals surface area contributed by atoms with Gasteiger partial charge in [-0.25, -0.2) is 4.98 Å². The number of ether oxygens (including phenoxy) is 1. The summed E-state index contributed by atoms with van der Waals surface area (Å²) in [6.45, 7) is 7.52. The molecule has 0 aliphatic carbocycles. The maximum absolute atomic E-state index is 13.3. The van der Waals surface area contributed by atoms with E-state index in [0.717, 1.165) is 19.6 Å². The van der Waals surface area contributed by atoms with Crippen LogP contribution in [0.25, 0.3) is 11.0 Å². The van der Waals surface area contributed by atoms with Crippen molar-refractivity contribution in [2.75, 3.05) is 31.6 Å². The number of rotatable bonds is 10. The Hall–Kier alpha value is -3.34. The lowest BCUT2D eigenvalue weighted by atomic mass is 9.82. The Morgan fingerprint density at radius 3 is 2.58 bits per heavy atom. The number of hydrogen-bond acceptors (Lipinski definition) is 7. The normalized spacial score (nSPS) is 19.0. The van der Waals surface area contributed by atoms with Crippen LogP contribution in [0.4, 0.5) is 5.95 Å². The Bertz CT molecular complexity index is 1290. The molecule has 0 radical (unpaired) electrons. The van der Waals surface area contributed by atoms with E-state index in [1.165, 1.54) is 6.34 Å². The minimum absolute atomic E-state index is 0.175. The number of nitrogens with two attached hydrogens (primary N) is 1. The van der Waals surface area contributed by atoms with Gasteiger partial charge < -0.3 is 25.7 Å². The highest BCUT2D eigenvalue weighted by Gasteiger charge is 2.54. The quantitative estimate of drug-likeness (QED) is 0.317. The summed E-state index contributed by atoms with van der Waals surface area (Å²) in [5.74, 6) is -0.616. The second-order valence-electron chi connectivity index (χ2n) is 8.22. The van der Waals surface area contributed by atoms with Crippen LogP contribution >= 0.6 is 23.2 Å². The van der Waals surface area contributed by atoms with E-state index in [-0.39, 0.29) is 21.6 Å². The van der Waals surface area contributed by atoms with Crippen molar-refractivity contribution < 1.29 is 14.3 Å². The smallest absolute Gasteiger partial charge is 0.254 e. The predicted octanol–water partition coefficient (Wildman–Crippen LogP) is 2.91. The number of halogens is 2. The van der Waals surface area contributed by atoms with Gasteiger partial charge in [0.1, 0.15) is 12.4 Å². The van der Waals surface area contributed by atoms with Crippen LogP contribution in [0.2, 0.25) is 10.0 Å². The van der Waals surface area contributed by atoms with E-state index >= 15 is 0 Å². The molecule has 0 saturated carbocycles. The number of nitrogens with zero attached hydrogens (tertiary/aromatic N) is 3. The van der Waals surface area contributed by atoms with E-state index < -0.39 is 23.4 Å². The third kappa shape index (κ3) is 4.84. The number of carbonyl (C=O) groups excluding carboxylic acids is 2. The molecule has 1 aliphatic rings. The molecule has 0 spiro atoms. The number of imidazole rings is 1. The number of carbonyl (C=O) groups is 2. The summed E-state index contributed by atoms with van der Waals surface area (Å²) in [5.41, 5.74) is 5.47. The van der Waals surface area contributed by atoms with E-state index in [9.17, 15) is 9.59 Å². The molecule has 2 aromatic carbocycles. The first kappa shape index (κ1) is 25.7. The monoisotopic (exact) mass is 531 g/mol. The first-order valence-corrected chi connectivity index (χ1v) is 12.2. The first-order valence-electron chi connectivity index (χ1n) is 11.5. The van der Waals surface area contributed by atoms with Crippen LogP contribution in [0, 0.1) is 0 Å². The van der Waals surface area contributed by atoms with Gasteiger partial charge in [0, 0.05) is 28.2 Å². The zero-order valence-corrected chi connectivity index (χ0v) is 21.4. The molecule has 0 saturated heterocycles. The molecular weight excluding hydrogens is 505 g/mol. The molecule has 190 valence electrons. The highest BCUT2D eigenvalue weighted by Crippen LogP contribution is 2.39. The lowest BCUT2D eigenvalue weighted by molar-refractivity contribution is -0.129. The van der Waals surface area contributed by atoms with Crippen molar-refractivity contribution in [3.8, 4) is 5.75 Å². The molecule has 1 aromatic heterocycles. The molecule has 0 bridgehead atoms. The Kier molecular flexibility index (Phi) is 7.67. The van der Waals surface area contributed by atoms with Crippen LogP contribution < -0.4 is 21.1 Å². The van der Waals surface area contributed by atoms with Gasteiger partial charge in [0.15, 0.2) is 11.6 Å². The van der Waals surface area contributed by atoms with Crippen molar-refractivity contribution >= 4 is 58.3 Å². The number of nitrogens with one attached hydrogen (secondary N) is 3. The highest BCUT2D eigenvalue weighted by molar-refractivity contribution is 6.37. The summed E-state index contributed by atoms with van der Waals surface area (Å²) in [7, 11) is 0. The molecule has 2 unspecified atom stereocenters. The molecule has 1 aliphatic heterocycles. The average Bonchev–Trinajstić information content (AvgIpc) is 3.46. The Morgan fingerprint density at radius 2 is 1.92 bits per heavy atom. The van der Waals surface area contributed by atoms with Crippen LogP contribution in [0.15, 0.2) is 41.4 Å². The minimum Gasteiger partial charge on any atom is -0.492 e. The van der Waals surface area contributed by atoms with E-state index in [1.807, 2.05) is 12.1 Å². The summed E-state index contributed by atoms with van der Waals surface area (Å²) >= 11 is 12.7. The molecule has 5 N–H and O–H groups in total. The van der Waals surface area contributed by atoms with Crippen molar-refractivity contribution in [1.29, 1.82) is 0 Å². The van der Waals surface area contributed by atoms with Crippen LogP contribution in [0.1, 0.15) is 19.4 Å². The Labute approximate surface area is 218 Å². The van der Waals surface area contributed by atoms with E-state index in [0.29, 0.717) is 23.4 Å². The van der Waals surface area contributed by atoms with E-state index in [2.05, 4.69) is 44.3 Å². The molecule has 36 heavy (non-hydrogen) atoms. The van der Waals surface area contributed by atoms with Crippen molar-refractivity contribution in [2.24, 2.45) is 10.7 Å². The zero-order valence-electron chi connectivity index (χ0n) is 19.8. The number of benzene rings is 2. The average molecular weight is 532 g/mol. The lowest BCUT2D eigenvalue weighted by Crippen LogP contribution is -2.59. The van der Waals surface area contributed by atoms with Gasteiger partial charge in [-0.2, -0.15) is 0 Å². The number of fused-ring (bicyclic) bond motifs is 1.